The van der Waals surface area contributed by atoms with Gasteiger partial charge in [0.2, 0.25) is 15.9 Å². The fraction of sp³-hybridized carbons (Fsp3) is 0.364. The first-order valence-electron chi connectivity index (χ1n) is 5.41. The Balaban J connectivity index is 3.04. The number of anilines is 1. The second kappa shape index (κ2) is 5.36. The lowest BCUT2D eigenvalue weighted by Crippen LogP contribution is -2.42. The maximum absolute atomic E-state index is 12.1. The molecule has 1 aromatic carbocycles. The molecular weight excluding hydrogens is 290 g/mol. The van der Waals surface area contributed by atoms with E-state index in [9.17, 15) is 13.2 Å². The molecule has 106 valence electrons. The SMILES string of the molecule is CC(C)(CNS(=O)(=O)c1c(N)cccc1Cl)C(N)=O. The van der Waals surface area contributed by atoms with Crippen molar-refractivity contribution in [2.24, 2.45) is 11.1 Å². The molecule has 0 aromatic heterocycles. The summed E-state index contributed by atoms with van der Waals surface area (Å²) in [5, 5.41) is 0.0179. The molecule has 0 aliphatic carbocycles. The molecule has 0 spiro atoms. The number of carbonyl (C=O) groups excluding carboxylic acids is 1. The van der Waals surface area contributed by atoms with E-state index in [-0.39, 0.29) is 22.2 Å². The molecule has 5 N–H and O–H groups in total. The fourth-order valence-corrected chi connectivity index (χ4v) is 3.13. The molecule has 0 aliphatic rings. The van der Waals surface area contributed by atoms with Crippen molar-refractivity contribution in [3.05, 3.63) is 23.2 Å². The number of benzene rings is 1. The molecule has 0 saturated heterocycles. The number of rotatable bonds is 5. The van der Waals surface area contributed by atoms with Crippen molar-refractivity contribution in [3.63, 3.8) is 0 Å². The van der Waals surface area contributed by atoms with Crippen LogP contribution < -0.4 is 16.2 Å². The molecule has 0 heterocycles. The predicted octanol–water partition coefficient (Wildman–Crippen LogP) is 0.712. The van der Waals surface area contributed by atoms with Crippen LogP contribution in [-0.4, -0.2) is 20.9 Å². The van der Waals surface area contributed by atoms with Gasteiger partial charge in [-0.1, -0.05) is 17.7 Å². The van der Waals surface area contributed by atoms with Gasteiger partial charge in [0.1, 0.15) is 4.90 Å². The summed E-state index contributed by atoms with van der Waals surface area (Å²) < 4.78 is 26.5. The lowest BCUT2D eigenvalue weighted by atomic mass is 9.93. The van der Waals surface area contributed by atoms with E-state index >= 15 is 0 Å². The Kier molecular flexibility index (Phi) is 4.44. The second-order valence-corrected chi connectivity index (χ2v) is 6.84. The Labute approximate surface area is 117 Å². The van der Waals surface area contributed by atoms with Crippen molar-refractivity contribution >= 4 is 33.2 Å². The van der Waals surface area contributed by atoms with Gasteiger partial charge in [-0.15, -0.1) is 0 Å². The molecule has 0 aliphatic heterocycles. The predicted molar refractivity (Wildman–Crippen MR) is 74.0 cm³/mol. The van der Waals surface area contributed by atoms with Gasteiger partial charge in [0.15, 0.2) is 0 Å². The van der Waals surface area contributed by atoms with Gasteiger partial charge >= 0.3 is 0 Å². The van der Waals surface area contributed by atoms with Crippen LogP contribution in [0.4, 0.5) is 5.69 Å². The normalized spacial score (nSPS) is 12.4. The zero-order chi connectivity index (χ0) is 14.8. The van der Waals surface area contributed by atoms with Crippen molar-refractivity contribution in [1.29, 1.82) is 0 Å². The highest BCUT2D eigenvalue weighted by molar-refractivity contribution is 7.89. The van der Waals surface area contributed by atoms with Crippen LogP contribution in [0.3, 0.4) is 0 Å². The van der Waals surface area contributed by atoms with Crippen LogP contribution in [-0.2, 0) is 14.8 Å². The van der Waals surface area contributed by atoms with E-state index in [0.29, 0.717) is 0 Å². The summed E-state index contributed by atoms with van der Waals surface area (Å²) in [6.45, 7) is 2.93. The third-order valence-electron chi connectivity index (χ3n) is 2.64. The van der Waals surface area contributed by atoms with Gasteiger partial charge in [-0.3, -0.25) is 4.79 Å². The lowest BCUT2D eigenvalue weighted by molar-refractivity contribution is -0.125. The van der Waals surface area contributed by atoms with Gasteiger partial charge in [-0.05, 0) is 26.0 Å². The quantitative estimate of drug-likeness (QED) is 0.695. The molecular formula is C11H16ClN3O3S. The summed E-state index contributed by atoms with van der Waals surface area (Å²) in [4.78, 5) is 10.9. The Morgan fingerprint density at radius 2 is 2.00 bits per heavy atom. The molecule has 0 radical (unpaired) electrons. The standard InChI is InChI=1S/C11H16ClN3O3S/c1-11(2,10(14)16)6-15-19(17,18)9-7(12)4-3-5-8(9)13/h3-5,15H,6,13H2,1-2H3,(H2,14,16). The van der Waals surface area contributed by atoms with Crippen LogP contribution >= 0.6 is 11.6 Å². The molecule has 0 saturated carbocycles. The fourth-order valence-electron chi connectivity index (χ4n) is 1.24. The zero-order valence-electron chi connectivity index (χ0n) is 10.6. The van der Waals surface area contributed by atoms with Crippen molar-refractivity contribution in [3.8, 4) is 0 Å². The van der Waals surface area contributed by atoms with Crippen LogP contribution in [0.1, 0.15) is 13.8 Å². The molecule has 0 fully saturated rings. The monoisotopic (exact) mass is 305 g/mol. The molecule has 19 heavy (non-hydrogen) atoms. The summed E-state index contributed by atoms with van der Waals surface area (Å²) in [6.07, 6.45) is 0. The maximum atomic E-state index is 12.1. The van der Waals surface area contributed by atoms with Gasteiger partial charge in [0.25, 0.3) is 0 Å². The highest BCUT2D eigenvalue weighted by Crippen LogP contribution is 2.27. The third-order valence-corrected chi connectivity index (χ3v) is 4.58. The second-order valence-electron chi connectivity index (χ2n) is 4.73. The van der Waals surface area contributed by atoms with Crippen LogP contribution in [0.15, 0.2) is 23.1 Å². The Hall–Kier alpha value is -1.31. The molecule has 1 aromatic rings. The number of nitrogens with one attached hydrogen (secondary N) is 1. The van der Waals surface area contributed by atoms with E-state index in [1.54, 1.807) is 6.07 Å². The van der Waals surface area contributed by atoms with E-state index in [1.165, 1.54) is 26.0 Å². The van der Waals surface area contributed by atoms with E-state index in [2.05, 4.69) is 4.72 Å². The highest BCUT2D eigenvalue weighted by Gasteiger charge is 2.29. The number of amides is 1. The van der Waals surface area contributed by atoms with Crippen LogP contribution in [0, 0.1) is 5.41 Å². The molecule has 1 amide bonds. The summed E-state index contributed by atoms with van der Waals surface area (Å²) >= 11 is 5.84. The number of nitrogens with two attached hydrogens (primary N) is 2. The molecule has 1 rings (SSSR count). The van der Waals surface area contributed by atoms with Gasteiger partial charge in [-0.25, -0.2) is 13.1 Å². The average Bonchev–Trinajstić information content (AvgIpc) is 2.26. The van der Waals surface area contributed by atoms with Crippen molar-refractivity contribution < 1.29 is 13.2 Å². The van der Waals surface area contributed by atoms with Crippen LogP contribution in [0.5, 0.6) is 0 Å². The minimum absolute atomic E-state index is 0.0179. The number of hydrogen-bond acceptors (Lipinski definition) is 4. The number of nitrogen functional groups attached to an aromatic ring is 1. The number of sulfonamides is 1. The van der Waals surface area contributed by atoms with E-state index in [0.717, 1.165) is 0 Å². The van der Waals surface area contributed by atoms with Crippen molar-refractivity contribution in [1.82, 2.24) is 4.72 Å². The highest BCUT2D eigenvalue weighted by atomic mass is 35.5. The number of halogens is 1. The Bertz CT molecular complexity index is 579. The first-order valence-corrected chi connectivity index (χ1v) is 7.27. The van der Waals surface area contributed by atoms with Gasteiger partial charge in [0.05, 0.1) is 16.1 Å². The van der Waals surface area contributed by atoms with E-state index in [1.807, 2.05) is 0 Å². The van der Waals surface area contributed by atoms with E-state index in [4.69, 9.17) is 23.1 Å². The third kappa shape index (κ3) is 3.59. The van der Waals surface area contributed by atoms with Crippen molar-refractivity contribution in [2.75, 3.05) is 12.3 Å². The average molecular weight is 306 g/mol. The van der Waals surface area contributed by atoms with E-state index < -0.39 is 21.3 Å². The van der Waals surface area contributed by atoms with Gasteiger partial charge in [0, 0.05) is 6.54 Å². The van der Waals surface area contributed by atoms with Crippen molar-refractivity contribution in [2.45, 2.75) is 18.7 Å². The number of primary amides is 1. The van der Waals surface area contributed by atoms with Gasteiger partial charge < -0.3 is 11.5 Å². The summed E-state index contributed by atoms with van der Waals surface area (Å²) in [6, 6.07) is 4.40. The largest absolute Gasteiger partial charge is 0.398 e. The van der Waals surface area contributed by atoms with Crippen LogP contribution in [0.25, 0.3) is 0 Å². The number of hydrogen-bond donors (Lipinski definition) is 3. The summed E-state index contributed by atoms with van der Waals surface area (Å²) in [5.74, 6) is -0.609. The van der Waals surface area contributed by atoms with Crippen LogP contribution in [0.2, 0.25) is 5.02 Å². The number of carbonyl (C=O) groups is 1. The molecule has 0 bridgehead atoms. The summed E-state index contributed by atoms with van der Waals surface area (Å²) in [7, 11) is -3.90. The first kappa shape index (κ1) is 15.7. The minimum atomic E-state index is -3.90. The molecule has 6 nitrogen and oxygen atoms in total. The zero-order valence-corrected chi connectivity index (χ0v) is 12.2. The Morgan fingerprint density at radius 3 is 2.47 bits per heavy atom. The Morgan fingerprint density at radius 1 is 1.42 bits per heavy atom. The topological polar surface area (TPSA) is 115 Å². The molecule has 0 atom stereocenters. The minimum Gasteiger partial charge on any atom is -0.398 e. The molecule has 0 unspecified atom stereocenters. The lowest BCUT2D eigenvalue weighted by Gasteiger charge is -2.21. The smallest absolute Gasteiger partial charge is 0.244 e. The summed E-state index contributed by atoms with van der Waals surface area (Å²) in [5.41, 5.74) is 9.81. The first-order chi connectivity index (χ1) is 8.58. The maximum Gasteiger partial charge on any atom is 0.244 e. The molecule has 8 heteroatoms. The van der Waals surface area contributed by atoms with Gasteiger partial charge in [-0.2, -0.15) is 0 Å².